The van der Waals surface area contributed by atoms with Crippen molar-refractivity contribution in [2.24, 2.45) is 0 Å². The minimum Gasteiger partial charge on any atom is -0.394 e. The Morgan fingerprint density at radius 3 is 2.43 bits per heavy atom. The summed E-state index contributed by atoms with van der Waals surface area (Å²) in [6.45, 7) is 0.389. The Bertz CT molecular complexity index is 416. The smallest absolute Gasteiger partial charge is 0.338 e. The van der Waals surface area contributed by atoms with E-state index in [1.165, 1.54) is 6.92 Å². The molecule has 7 N–H and O–H groups in total. The van der Waals surface area contributed by atoms with Gasteiger partial charge < -0.3 is 40.7 Å². The van der Waals surface area contributed by atoms with Gasteiger partial charge >= 0.3 is 5.97 Å². The largest absolute Gasteiger partial charge is 0.394 e. The van der Waals surface area contributed by atoms with E-state index in [4.69, 9.17) is 9.84 Å². The van der Waals surface area contributed by atoms with Gasteiger partial charge in [0.2, 0.25) is 5.91 Å². The van der Waals surface area contributed by atoms with Crippen LogP contribution in [0.25, 0.3) is 0 Å². The highest BCUT2D eigenvalue weighted by atomic mass is 17.0. The molecule has 6 atom stereocenters. The fraction of sp³-hybridized carbons (Fsp3) is 0.909. The molecule has 0 aliphatic carbocycles. The van der Waals surface area contributed by atoms with E-state index in [1.807, 2.05) is 0 Å². The standard InChI is InChI=1S/C11H19NO9/c1-4(14)12-7-5(15)2-10(11(18,19)21-10)20-9(7)8(17)6(16)3-13/h5-9,13,15-19H,2-3H2,1H3,(H,12,14)/t5-,6+,7+,8+,9+,10-/m0/s1. The lowest BCUT2D eigenvalue weighted by Crippen LogP contribution is -2.64. The van der Waals surface area contributed by atoms with E-state index in [1.54, 1.807) is 0 Å². The highest BCUT2D eigenvalue weighted by Gasteiger charge is 2.76. The summed E-state index contributed by atoms with van der Waals surface area (Å²) in [4.78, 5) is 11.2. The van der Waals surface area contributed by atoms with Gasteiger partial charge in [-0.25, -0.2) is 0 Å². The van der Waals surface area contributed by atoms with Crippen molar-refractivity contribution in [3.05, 3.63) is 0 Å². The third kappa shape index (κ3) is 2.89. The molecule has 10 heteroatoms. The molecule has 2 heterocycles. The molecule has 0 aromatic rings. The third-order valence-electron chi connectivity index (χ3n) is 3.62. The van der Waals surface area contributed by atoms with Crippen LogP contribution in [0, 0.1) is 0 Å². The molecule has 1 spiro atoms. The molecule has 0 aromatic carbocycles. The number of hydrogen-bond acceptors (Lipinski definition) is 9. The second kappa shape index (κ2) is 5.41. The van der Waals surface area contributed by atoms with Crippen LogP contribution in [0.3, 0.4) is 0 Å². The Hall–Kier alpha value is -0.850. The summed E-state index contributed by atoms with van der Waals surface area (Å²) in [5.74, 6) is -5.09. The van der Waals surface area contributed by atoms with E-state index >= 15 is 0 Å². The number of epoxide rings is 1. The summed E-state index contributed by atoms with van der Waals surface area (Å²) in [5, 5.41) is 59.5. The van der Waals surface area contributed by atoms with Crippen molar-refractivity contribution in [3.8, 4) is 0 Å². The first-order valence-corrected chi connectivity index (χ1v) is 6.38. The van der Waals surface area contributed by atoms with Gasteiger partial charge in [0.05, 0.1) is 18.8 Å². The summed E-state index contributed by atoms with van der Waals surface area (Å²) in [7, 11) is 0. The molecule has 2 aliphatic rings. The minimum absolute atomic E-state index is 0.358. The van der Waals surface area contributed by atoms with Gasteiger partial charge in [-0.1, -0.05) is 0 Å². The Morgan fingerprint density at radius 2 is 2.00 bits per heavy atom. The van der Waals surface area contributed by atoms with Crippen LogP contribution in [0.2, 0.25) is 0 Å². The van der Waals surface area contributed by atoms with E-state index in [2.05, 4.69) is 10.1 Å². The lowest BCUT2D eigenvalue weighted by Gasteiger charge is -2.41. The van der Waals surface area contributed by atoms with Crippen LogP contribution in [0.15, 0.2) is 0 Å². The Labute approximate surface area is 119 Å². The number of amides is 1. The lowest BCUT2D eigenvalue weighted by molar-refractivity contribution is -0.236. The van der Waals surface area contributed by atoms with E-state index in [0.29, 0.717) is 0 Å². The maximum absolute atomic E-state index is 11.2. The number of rotatable bonds is 4. The second-order valence-electron chi connectivity index (χ2n) is 5.28. The maximum atomic E-state index is 11.2. The van der Waals surface area contributed by atoms with Gasteiger partial charge in [-0.05, 0) is 0 Å². The fourth-order valence-corrected chi connectivity index (χ4v) is 2.46. The molecular weight excluding hydrogens is 290 g/mol. The van der Waals surface area contributed by atoms with Crippen LogP contribution in [-0.2, 0) is 14.3 Å². The molecule has 0 bridgehead atoms. The van der Waals surface area contributed by atoms with Crippen molar-refractivity contribution in [2.45, 2.75) is 55.6 Å². The summed E-state index contributed by atoms with van der Waals surface area (Å²) in [6.07, 6.45) is -6.41. The van der Waals surface area contributed by atoms with Crippen molar-refractivity contribution in [1.29, 1.82) is 0 Å². The molecule has 2 aliphatic heterocycles. The van der Waals surface area contributed by atoms with Crippen LogP contribution >= 0.6 is 0 Å². The molecule has 122 valence electrons. The predicted octanol–water partition coefficient (Wildman–Crippen LogP) is -4.28. The van der Waals surface area contributed by atoms with Crippen molar-refractivity contribution >= 4 is 5.91 Å². The summed E-state index contributed by atoms with van der Waals surface area (Å²) in [5.41, 5.74) is 0. The number of carbonyl (C=O) groups excluding carboxylic acids is 1. The quantitative estimate of drug-likeness (QED) is 0.200. The predicted molar refractivity (Wildman–Crippen MR) is 63.2 cm³/mol. The average Bonchev–Trinajstić information content (AvgIpc) is 2.90. The number of aliphatic hydroxyl groups excluding tert-OH is 4. The van der Waals surface area contributed by atoms with Crippen LogP contribution in [0.1, 0.15) is 13.3 Å². The summed E-state index contributed by atoms with van der Waals surface area (Å²) >= 11 is 0. The van der Waals surface area contributed by atoms with E-state index in [9.17, 15) is 30.3 Å². The highest BCUT2D eigenvalue weighted by Crippen LogP contribution is 2.52. The Kier molecular flexibility index (Phi) is 4.26. The molecule has 2 rings (SSSR count). The summed E-state index contributed by atoms with van der Waals surface area (Å²) in [6, 6.07) is -1.12. The SMILES string of the molecule is CC(=O)N[C@H]1[C@H]([C@H](O)[C@H](O)CO)O[C@@]2(C[C@@H]1O)OC2(O)O. The molecule has 21 heavy (non-hydrogen) atoms. The minimum atomic E-state index is -2.63. The van der Waals surface area contributed by atoms with Gasteiger partial charge in [0.15, 0.2) is 0 Å². The topological polar surface area (TPSA) is 172 Å². The lowest BCUT2D eigenvalue weighted by atomic mass is 9.89. The molecule has 0 radical (unpaired) electrons. The first-order valence-electron chi connectivity index (χ1n) is 6.38. The van der Waals surface area contributed by atoms with Crippen LogP contribution in [0.4, 0.5) is 0 Å². The van der Waals surface area contributed by atoms with E-state index < -0.39 is 54.7 Å². The fourth-order valence-electron chi connectivity index (χ4n) is 2.46. The van der Waals surface area contributed by atoms with Crippen LogP contribution in [0.5, 0.6) is 0 Å². The highest BCUT2D eigenvalue weighted by molar-refractivity contribution is 5.73. The molecule has 0 aromatic heterocycles. The van der Waals surface area contributed by atoms with Gasteiger partial charge in [-0.3, -0.25) is 9.53 Å². The van der Waals surface area contributed by atoms with Gasteiger partial charge in [0.1, 0.15) is 18.3 Å². The third-order valence-corrected chi connectivity index (χ3v) is 3.62. The molecule has 1 amide bonds. The zero-order chi connectivity index (χ0) is 16.0. The molecule has 0 unspecified atom stereocenters. The Morgan fingerprint density at radius 1 is 1.43 bits per heavy atom. The number of carbonyl (C=O) groups is 1. The zero-order valence-electron chi connectivity index (χ0n) is 11.2. The van der Waals surface area contributed by atoms with Gasteiger partial charge in [0, 0.05) is 13.3 Å². The van der Waals surface area contributed by atoms with Crippen LogP contribution in [-0.4, -0.2) is 85.4 Å². The molecule has 10 nitrogen and oxygen atoms in total. The molecular formula is C11H19NO9. The normalized spacial score (nSPS) is 40.6. The molecule has 2 saturated heterocycles. The number of hydrogen-bond donors (Lipinski definition) is 7. The van der Waals surface area contributed by atoms with Crippen LogP contribution < -0.4 is 5.32 Å². The van der Waals surface area contributed by atoms with Crippen molar-refractivity contribution < 1.29 is 44.9 Å². The van der Waals surface area contributed by atoms with Crippen molar-refractivity contribution in [3.63, 3.8) is 0 Å². The number of aliphatic hydroxyl groups is 6. The second-order valence-corrected chi connectivity index (χ2v) is 5.28. The zero-order valence-corrected chi connectivity index (χ0v) is 11.2. The van der Waals surface area contributed by atoms with Gasteiger partial charge in [-0.15, -0.1) is 0 Å². The van der Waals surface area contributed by atoms with Crippen molar-refractivity contribution in [2.75, 3.05) is 6.61 Å². The van der Waals surface area contributed by atoms with Crippen molar-refractivity contribution in [1.82, 2.24) is 5.32 Å². The first-order chi connectivity index (χ1) is 9.63. The first kappa shape index (κ1) is 16.5. The number of nitrogens with one attached hydrogen (secondary N) is 1. The van der Waals surface area contributed by atoms with E-state index in [-0.39, 0.29) is 6.42 Å². The number of ether oxygens (including phenoxy) is 2. The maximum Gasteiger partial charge on any atom is 0.338 e. The molecule has 0 saturated carbocycles. The monoisotopic (exact) mass is 309 g/mol. The van der Waals surface area contributed by atoms with E-state index in [0.717, 1.165) is 0 Å². The Balaban J connectivity index is 2.22. The van der Waals surface area contributed by atoms with Gasteiger partial charge in [0.25, 0.3) is 5.79 Å². The summed E-state index contributed by atoms with van der Waals surface area (Å²) < 4.78 is 9.86. The van der Waals surface area contributed by atoms with Gasteiger partial charge in [-0.2, -0.15) is 0 Å². The molecule has 2 fully saturated rings. The average molecular weight is 309 g/mol.